The van der Waals surface area contributed by atoms with Gasteiger partial charge in [0.05, 0.1) is 33.5 Å². The number of rotatable bonds is 6. The molecule has 5 N–H and O–H groups in total. The fourth-order valence-corrected chi connectivity index (χ4v) is 5.80. The second kappa shape index (κ2) is 15.4. The molecule has 2 heterocycles. The van der Waals surface area contributed by atoms with Crippen LogP contribution in [0.5, 0.6) is 0 Å². The fraction of sp³-hybridized carbons (Fsp3) is 0. The van der Waals surface area contributed by atoms with Gasteiger partial charge in [0, 0.05) is 63.8 Å². The third-order valence-electron chi connectivity index (χ3n) is 6.83. The molecule has 2 aromatic heterocycles. The number of fused-ring (bicyclic) bond motifs is 2. The van der Waals surface area contributed by atoms with Crippen molar-refractivity contribution < 1.29 is 4.79 Å². The van der Waals surface area contributed by atoms with Crippen molar-refractivity contribution in [1.82, 2.24) is 9.97 Å². The van der Waals surface area contributed by atoms with Crippen LogP contribution in [0.25, 0.3) is 21.8 Å². The number of nitrogens with one attached hydrogen (secondary N) is 3. The molecule has 236 valence electrons. The molecule has 48 heavy (non-hydrogen) atoms. The Hall–Kier alpha value is -4.79. The maximum absolute atomic E-state index is 11.6. The summed E-state index contributed by atoms with van der Waals surface area (Å²) in [6.07, 6.45) is 4.29. The van der Waals surface area contributed by atoms with E-state index in [1.54, 1.807) is 30.5 Å². The van der Waals surface area contributed by atoms with Crippen LogP contribution in [0.15, 0.2) is 116 Å². The maximum atomic E-state index is 11.6. The number of aromatic nitrogens is 2. The van der Waals surface area contributed by atoms with E-state index < -0.39 is 0 Å². The normalized spacial score (nSPS) is 10.3. The summed E-state index contributed by atoms with van der Waals surface area (Å²) in [7, 11) is 0. The number of nitriles is 2. The fourth-order valence-electron chi connectivity index (χ4n) is 4.55. The van der Waals surface area contributed by atoms with E-state index in [1.165, 1.54) is 12.3 Å². The summed E-state index contributed by atoms with van der Waals surface area (Å²) in [6.45, 7) is 3.45. The standard InChI is InChI=1S/C19H12Br2N4O.C16H10Br2N4/c1-2-18(26)24-12-4-6-17-14(7-12)19(11(9-22)10-23-17)25-13-3-5-15(20)16(21)8-13;17-13-3-2-11(6-14(13)18)22-16-9(7-19)8-21-15-4-1-10(20)5-12(15)16/h2-8,10H,1H2,(H,23,25)(H,24,26);1-6,8H,20H2,(H,21,22). The molecular weight excluding hydrogens is 868 g/mol. The van der Waals surface area contributed by atoms with Crippen LogP contribution >= 0.6 is 63.7 Å². The van der Waals surface area contributed by atoms with Crippen LogP contribution in [-0.2, 0) is 4.79 Å². The molecule has 0 unspecified atom stereocenters. The number of carbonyl (C=O) groups is 1. The third kappa shape index (κ3) is 8.01. The second-order valence-electron chi connectivity index (χ2n) is 10.0. The maximum Gasteiger partial charge on any atom is 0.247 e. The second-order valence-corrected chi connectivity index (χ2v) is 13.4. The van der Waals surface area contributed by atoms with E-state index in [0.29, 0.717) is 39.4 Å². The number of benzene rings is 4. The lowest BCUT2D eigenvalue weighted by Crippen LogP contribution is -2.07. The highest BCUT2D eigenvalue weighted by atomic mass is 79.9. The predicted molar refractivity (Wildman–Crippen MR) is 206 cm³/mol. The van der Waals surface area contributed by atoms with Crippen LogP contribution in [0.4, 0.5) is 34.1 Å². The van der Waals surface area contributed by atoms with Gasteiger partial charge in [0.2, 0.25) is 5.91 Å². The Bertz CT molecular complexity index is 2310. The highest BCUT2D eigenvalue weighted by molar-refractivity contribution is 9.13. The largest absolute Gasteiger partial charge is 0.399 e. The first-order valence-corrected chi connectivity index (χ1v) is 17.1. The van der Waals surface area contributed by atoms with Gasteiger partial charge in [0.1, 0.15) is 12.1 Å². The van der Waals surface area contributed by atoms with Crippen LogP contribution in [-0.4, -0.2) is 15.9 Å². The first-order chi connectivity index (χ1) is 23.1. The van der Waals surface area contributed by atoms with E-state index in [-0.39, 0.29) is 5.91 Å². The molecule has 6 rings (SSSR count). The van der Waals surface area contributed by atoms with Gasteiger partial charge < -0.3 is 21.7 Å². The van der Waals surface area contributed by atoms with E-state index in [1.807, 2.05) is 48.5 Å². The van der Waals surface area contributed by atoms with E-state index in [0.717, 1.165) is 45.6 Å². The quantitative estimate of drug-likeness (QED) is 0.0953. The summed E-state index contributed by atoms with van der Waals surface area (Å²) in [4.78, 5) is 20.2. The number of amides is 1. The minimum absolute atomic E-state index is 0.305. The number of nitrogens with zero attached hydrogens (tertiary/aromatic N) is 4. The summed E-state index contributed by atoms with van der Waals surface area (Å²) in [5.41, 5.74) is 12.5. The topological polar surface area (TPSA) is 153 Å². The van der Waals surface area contributed by atoms with Crippen LogP contribution in [0.2, 0.25) is 0 Å². The lowest BCUT2D eigenvalue weighted by molar-refractivity contribution is -0.111. The molecule has 1 amide bonds. The molecule has 4 aromatic carbocycles. The van der Waals surface area contributed by atoms with Crippen molar-refractivity contribution >= 4 is 126 Å². The summed E-state index contributed by atoms with van der Waals surface area (Å²) in [6, 6.07) is 26.6. The lowest BCUT2D eigenvalue weighted by Gasteiger charge is -2.13. The van der Waals surface area contributed by atoms with E-state index in [2.05, 4.69) is 108 Å². The van der Waals surface area contributed by atoms with Gasteiger partial charge in [-0.3, -0.25) is 14.8 Å². The summed E-state index contributed by atoms with van der Waals surface area (Å²) in [5.74, 6) is -0.305. The van der Waals surface area contributed by atoms with Crippen molar-refractivity contribution in [2.24, 2.45) is 0 Å². The summed E-state index contributed by atoms with van der Waals surface area (Å²) >= 11 is 13.8. The average Bonchev–Trinajstić information content (AvgIpc) is 3.08. The first-order valence-electron chi connectivity index (χ1n) is 13.9. The monoisotopic (exact) mass is 886 g/mol. The zero-order valence-electron chi connectivity index (χ0n) is 24.7. The van der Waals surface area contributed by atoms with E-state index in [9.17, 15) is 15.3 Å². The van der Waals surface area contributed by atoms with Gasteiger partial charge in [0.15, 0.2) is 0 Å². The first kappa shape index (κ1) is 34.5. The predicted octanol–water partition coefficient (Wildman–Crippen LogP) is 10.5. The zero-order valence-corrected chi connectivity index (χ0v) is 31.0. The Morgan fingerprint density at radius 2 is 1.17 bits per heavy atom. The van der Waals surface area contributed by atoms with Crippen molar-refractivity contribution in [3.8, 4) is 12.1 Å². The zero-order chi connectivity index (χ0) is 34.4. The van der Waals surface area contributed by atoms with Gasteiger partial charge in [-0.25, -0.2) is 0 Å². The van der Waals surface area contributed by atoms with Gasteiger partial charge in [-0.1, -0.05) is 6.58 Å². The van der Waals surface area contributed by atoms with Crippen molar-refractivity contribution in [3.05, 3.63) is 127 Å². The minimum atomic E-state index is -0.305. The van der Waals surface area contributed by atoms with E-state index >= 15 is 0 Å². The smallest absolute Gasteiger partial charge is 0.247 e. The molecule has 0 radical (unpaired) electrons. The molecule has 0 aliphatic rings. The number of hydrogen-bond acceptors (Lipinski definition) is 8. The van der Waals surface area contributed by atoms with Gasteiger partial charge in [-0.2, -0.15) is 10.5 Å². The highest BCUT2D eigenvalue weighted by Gasteiger charge is 2.13. The molecule has 0 aliphatic carbocycles. The summed E-state index contributed by atoms with van der Waals surface area (Å²) < 4.78 is 3.70. The van der Waals surface area contributed by atoms with Crippen LogP contribution < -0.4 is 21.7 Å². The van der Waals surface area contributed by atoms with Crippen LogP contribution in [0.3, 0.4) is 0 Å². The van der Waals surface area contributed by atoms with Gasteiger partial charge in [0.25, 0.3) is 0 Å². The number of halogens is 4. The van der Waals surface area contributed by atoms with Crippen molar-refractivity contribution in [3.63, 3.8) is 0 Å². The Balaban J connectivity index is 0.000000190. The molecule has 0 bridgehead atoms. The number of hydrogen-bond donors (Lipinski definition) is 4. The number of pyridine rings is 2. The lowest BCUT2D eigenvalue weighted by atomic mass is 10.1. The van der Waals surface area contributed by atoms with Crippen LogP contribution in [0, 0.1) is 22.7 Å². The van der Waals surface area contributed by atoms with Gasteiger partial charge >= 0.3 is 0 Å². The van der Waals surface area contributed by atoms with Crippen molar-refractivity contribution in [1.29, 1.82) is 10.5 Å². The SMILES string of the molecule is C=CC(=O)Nc1ccc2ncc(C#N)c(Nc3ccc(Br)c(Br)c3)c2c1.N#Cc1cnc2ccc(N)cc2c1Nc1ccc(Br)c(Br)c1. The molecule has 6 aromatic rings. The Morgan fingerprint density at radius 3 is 1.65 bits per heavy atom. The highest BCUT2D eigenvalue weighted by Crippen LogP contribution is 2.34. The number of anilines is 6. The Kier molecular flexibility index (Phi) is 11.1. The van der Waals surface area contributed by atoms with Gasteiger partial charge in [-0.05, 0) is 143 Å². The average molecular weight is 890 g/mol. The summed E-state index contributed by atoms with van der Waals surface area (Å²) in [5, 5.41) is 29.7. The molecule has 13 heteroatoms. The Morgan fingerprint density at radius 1 is 0.688 bits per heavy atom. The Labute approximate surface area is 309 Å². The number of carbonyl (C=O) groups excluding carboxylic acids is 1. The number of nitrogens with two attached hydrogens (primary N) is 1. The minimum Gasteiger partial charge on any atom is -0.399 e. The molecule has 0 aliphatic heterocycles. The van der Waals surface area contributed by atoms with Crippen molar-refractivity contribution in [2.75, 3.05) is 21.7 Å². The molecular formula is C35H22Br4N8O. The van der Waals surface area contributed by atoms with Gasteiger partial charge in [-0.15, -0.1) is 0 Å². The molecule has 0 atom stereocenters. The molecule has 9 nitrogen and oxygen atoms in total. The molecule has 0 spiro atoms. The van der Waals surface area contributed by atoms with E-state index in [4.69, 9.17) is 5.73 Å². The molecule has 0 saturated heterocycles. The number of nitrogen functional groups attached to an aromatic ring is 1. The van der Waals surface area contributed by atoms with Crippen LogP contribution in [0.1, 0.15) is 11.1 Å². The molecule has 0 saturated carbocycles. The third-order valence-corrected chi connectivity index (χ3v) is 10.6. The molecule has 0 fully saturated rings. The van der Waals surface area contributed by atoms with Crippen molar-refractivity contribution in [2.45, 2.75) is 0 Å².